The molecule has 6 heteroatoms. The summed E-state index contributed by atoms with van der Waals surface area (Å²) in [7, 11) is 0. The summed E-state index contributed by atoms with van der Waals surface area (Å²) in [5, 5.41) is 17.0. The van der Waals surface area contributed by atoms with Crippen LogP contribution < -0.4 is 10.6 Å². The number of aliphatic hydroxyl groups excluding tert-OH is 1. The van der Waals surface area contributed by atoms with E-state index in [1.54, 1.807) is 0 Å². The summed E-state index contributed by atoms with van der Waals surface area (Å²) in [6.07, 6.45) is 11.3. The second-order valence-corrected chi connectivity index (χ2v) is 9.06. The number of rotatable bonds is 7. The summed E-state index contributed by atoms with van der Waals surface area (Å²) in [4.78, 5) is 15.0. The molecule has 4 rings (SSSR count). The average molecular weight is 438 g/mol. The van der Waals surface area contributed by atoms with E-state index in [9.17, 15) is 9.90 Å². The molecule has 1 saturated heterocycles. The molecule has 6 nitrogen and oxygen atoms in total. The normalized spacial score (nSPS) is 24.6. The molecule has 3 atom stereocenters. The van der Waals surface area contributed by atoms with Gasteiger partial charge in [0.15, 0.2) is 0 Å². The van der Waals surface area contributed by atoms with Crippen molar-refractivity contribution >= 4 is 5.91 Å². The average Bonchev–Trinajstić information content (AvgIpc) is 3.03. The van der Waals surface area contributed by atoms with Crippen LogP contribution in [0.4, 0.5) is 0 Å². The van der Waals surface area contributed by atoms with Crippen molar-refractivity contribution in [2.24, 2.45) is 0 Å². The lowest BCUT2D eigenvalue weighted by atomic mass is 10.00. The molecule has 0 bridgehead atoms. The Kier molecular flexibility index (Phi) is 7.79. The molecule has 172 valence electrons. The maximum atomic E-state index is 12.8. The number of benzene rings is 1. The van der Waals surface area contributed by atoms with Crippen molar-refractivity contribution < 1.29 is 14.6 Å². The molecule has 3 unspecified atom stereocenters. The van der Waals surface area contributed by atoms with E-state index in [-0.39, 0.29) is 18.6 Å². The minimum atomic E-state index is -0.601. The van der Waals surface area contributed by atoms with Crippen LogP contribution in [0, 0.1) is 0 Å². The Morgan fingerprint density at radius 2 is 2.16 bits per heavy atom. The molecule has 3 N–H and O–H groups in total. The van der Waals surface area contributed by atoms with Gasteiger partial charge in [0, 0.05) is 50.1 Å². The predicted octanol–water partition coefficient (Wildman–Crippen LogP) is 2.45. The highest BCUT2D eigenvalue weighted by Crippen LogP contribution is 2.19. The number of fused-ring (bicyclic) bond motifs is 1. The van der Waals surface area contributed by atoms with Crippen LogP contribution in [0.5, 0.6) is 0 Å². The zero-order chi connectivity index (χ0) is 22.3. The Bertz CT molecular complexity index is 892. The number of nitrogens with one attached hydrogen (secondary N) is 2. The Morgan fingerprint density at radius 1 is 1.31 bits per heavy atom. The Morgan fingerprint density at radius 3 is 3.00 bits per heavy atom. The highest BCUT2D eigenvalue weighted by Gasteiger charge is 2.21. The van der Waals surface area contributed by atoms with Gasteiger partial charge in [0.1, 0.15) is 0 Å². The van der Waals surface area contributed by atoms with Crippen LogP contribution in [-0.2, 0) is 22.5 Å². The number of allylic oxidation sites excluding steroid dienone is 3. The van der Waals surface area contributed by atoms with E-state index >= 15 is 0 Å². The van der Waals surface area contributed by atoms with Gasteiger partial charge in [0.25, 0.3) is 5.91 Å². The van der Waals surface area contributed by atoms with Crippen LogP contribution in [0.3, 0.4) is 0 Å². The number of carbonyl (C=O) groups is 1. The largest absolute Gasteiger partial charge is 0.390 e. The third kappa shape index (κ3) is 6.31. The molecule has 1 aromatic carbocycles. The number of hydrogen-bond acceptors (Lipinski definition) is 5. The van der Waals surface area contributed by atoms with E-state index < -0.39 is 6.10 Å². The minimum absolute atomic E-state index is 0.153. The van der Waals surface area contributed by atoms with Crippen molar-refractivity contribution in [3.63, 3.8) is 0 Å². The molecule has 0 aromatic heterocycles. The molecular weight excluding hydrogens is 402 g/mol. The van der Waals surface area contributed by atoms with Gasteiger partial charge in [-0.05, 0) is 49.8 Å². The van der Waals surface area contributed by atoms with Gasteiger partial charge >= 0.3 is 0 Å². The maximum Gasteiger partial charge on any atom is 0.251 e. The summed E-state index contributed by atoms with van der Waals surface area (Å²) < 4.78 is 5.63. The molecule has 2 heterocycles. The molecule has 32 heavy (non-hydrogen) atoms. The van der Waals surface area contributed by atoms with Crippen LogP contribution >= 0.6 is 0 Å². The molecule has 2 aliphatic heterocycles. The summed E-state index contributed by atoms with van der Waals surface area (Å²) in [6, 6.07) is 8.83. The first-order valence-corrected chi connectivity index (χ1v) is 11.8. The summed E-state index contributed by atoms with van der Waals surface area (Å²) >= 11 is 0. The molecule has 1 aromatic rings. The van der Waals surface area contributed by atoms with Crippen molar-refractivity contribution in [1.29, 1.82) is 0 Å². The molecule has 0 saturated carbocycles. The molecular formula is C26H35N3O3. The summed E-state index contributed by atoms with van der Waals surface area (Å²) in [5.74, 6) is -0.153. The van der Waals surface area contributed by atoms with Crippen LogP contribution in [0.1, 0.15) is 37.3 Å². The molecule has 3 aliphatic rings. The highest BCUT2D eigenvalue weighted by molar-refractivity contribution is 5.96. The lowest BCUT2D eigenvalue weighted by molar-refractivity contribution is -0.117. The number of aliphatic hydroxyl groups is 1. The fourth-order valence-corrected chi connectivity index (χ4v) is 4.66. The summed E-state index contributed by atoms with van der Waals surface area (Å²) in [6.45, 7) is 5.44. The quantitative estimate of drug-likeness (QED) is 0.611. The van der Waals surface area contributed by atoms with Crippen molar-refractivity contribution in [3.05, 3.63) is 71.0 Å². The van der Waals surface area contributed by atoms with Gasteiger partial charge in [-0.15, -0.1) is 0 Å². The molecule has 0 spiro atoms. The van der Waals surface area contributed by atoms with Gasteiger partial charge < -0.3 is 20.5 Å². The van der Waals surface area contributed by atoms with Gasteiger partial charge in [0.05, 0.1) is 12.2 Å². The van der Waals surface area contributed by atoms with E-state index in [1.165, 1.54) is 11.1 Å². The number of amides is 1. The third-order valence-electron chi connectivity index (χ3n) is 6.38. The van der Waals surface area contributed by atoms with Gasteiger partial charge in [0.2, 0.25) is 0 Å². The van der Waals surface area contributed by atoms with Gasteiger partial charge in [-0.1, -0.05) is 42.5 Å². The van der Waals surface area contributed by atoms with Crippen LogP contribution in [-0.4, -0.2) is 60.4 Å². The topological polar surface area (TPSA) is 73.8 Å². The van der Waals surface area contributed by atoms with Crippen LogP contribution in [0.25, 0.3) is 0 Å². The van der Waals surface area contributed by atoms with Gasteiger partial charge in [-0.25, -0.2) is 0 Å². The van der Waals surface area contributed by atoms with Gasteiger partial charge in [-0.2, -0.15) is 0 Å². The van der Waals surface area contributed by atoms with E-state index in [4.69, 9.17) is 4.74 Å². The second-order valence-electron chi connectivity index (χ2n) is 9.06. The van der Waals surface area contributed by atoms with Crippen molar-refractivity contribution in [3.8, 4) is 0 Å². The molecule has 1 aliphatic carbocycles. The fourth-order valence-electron chi connectivity index (χ4n) is 4.66. The zero-order valence-electron chi connectivity index (χ0n) is 18.9. The first kappa shape index (κ1) is 22.8. The number of β-amino-alcohol motifs (C(OH)–C–C–N with tert-alkyl or cyclic N) is 1. The lowest BCUT2D eigenvalue weighted by Crippen LogP contribution is -2.42. The van der Waals surface area contributed by atoms with E-state index in [2.05, 4.69) is 52.8 Å². The van der Waals surface area contributed by atoms with Crippen LogP contribution in [0.15, 0.2) is 59.8 Å². The van der Waals surface area contributed by atoms with E-state index in [0.29, 0.717) is 18.2 Å². The number of carbonyl (C=O) groups excluding carboxylic acids is 1. The second kappa shape index (κ2) is 10.9. The standard InChI is InChI=1S/C26H35N3O3/c1-19-14-24(11-13-32-19)28-23-9-5-4-7-21(15-23)26(31)27-16-25(30)18-29-12-10-20-6-2-3-8-22(20)17-29/h2-4,6-9,15,19,24-25,28,30H,5,10-14,16-18H2,1H3,(H,27,31). The molecule has 1 amide bonds. The highest BCUT2D eigenvalue weighted by atomic mass is 16.5. The lowest BCUT2D eigenvalue weighted by Gasteiger charge is -2.30. The van der Waals surface area contributed by atoms with Gasteiger partial charge in [-0.3, -0.25) is 9.69 Å². The SMILES string of the molecule is CC1CC(NC2=CCC=CC(C(=O)NCC(O)CN3CCc4ccccc4C3)=C2)CCO1. The summed E-state index contributed by atoms with van der Waals surface area (Å²) in [5.41, 5.74) is 4.31. The first-order valence-electron chi connectivity index (χ1n) is 11.8. The predicted molar refractivity (Wildman–Crippen MR) is 126 cm³/mol. The molecule has 0 radical (unpaired) electrons. The number of ether oxygens (including phenoxy) is 1. The van der Waals surface area contributed by atoms with Crippen molar-refractivity contribution in [2.45, 2.75) is 57.4 Å². The third-order valence-corrected chi connectivity index (χ3v) is 6.38. The van der Waals surface area contributed by atoms with E-state index in [1.807, 2.05) is 18.2 Å². The smallest absolute Gasteiger partial charge is 0.251 e. The van der Waals surface area contributed by atoms with E-state index in [0.717, 1.165) is 51.1 Å². The van der Waals surface area contributed by atoms with Crippen LogP contribution in [0.2, 0.25) is 0 Å². The Balaban J connectivity index is 1.26. The monoisotopic (exact) mass is 437 g/mol. The Hall–Kier alpha value is -2.41. The number of hydrogen-bond donors (Lipinski definition) is 3. The van der Waals surface area contributed by atoms with Crippen molar-refractivity contribution in [1.82, 2.24) is 15.5 Å². The maximum absolute atomic E-state index is 12.8. The Labute approximate surface area is 191 Å². The van der Waals surface area contributed by atoms with Crippen molar-refractivity contribution in [2.75, 3.05) is 26.2 Å². The fraction of sp³-hybridized carbons (Fsp3) is 0.500. The first-order chi connectivity index (χ1) is 15.6. The minimum Gasteiger partial charge on any atom is -0.390 e. The molecule has 1 fully saturated rings. The number of nitrogens with zero attached hydrogens (tertiary/aromatic N) is 1. The zero-order valence-corrected chi connectivity index (χ0v) is 18.9.